The van der Waals surface area contributed by atoms with Gasteiger partial charge in [-0.05, 0) is 43.5 Å². The second kappa shape index (κ2) is 14.5. The van der Waals surface area contributed by atoms with Gasteiger partial charge < -0.3 is 15.0 Å². The minimum atomic E-state index is -3.60. The Kier molecular flexibility index (Phi) is 11.1. The van der Waals surface area contributed by atoms with Crippen molar-refractivity contribution in [1.29, 1.82) is 0 Å². The van der Waals surface area contributed by atoms with Gasteiger partial charge in [-0.15, -0.1) is 0 Å². The highest BCUT2D eigenvalue weighted by molar-refractivity contribution is 7.92. The number of nitrogens with zero attached hydrogens (tertiary/aromatic N) is 2. The zero-order valence-corrected chi connectivity index (χ0v) is 24.4. The maximum absolute atomic E-state index is 13.8. The highest BCUT2D eigenvalue weighted by Gasteiger charge is 2.31. The molecule has 3 rings (SSSR count). The van der Waals surface area contributed by atoms with Crippen LogP contribution in [0.25, 0.3) is 0 Å². The van der Waals surface area contributed by atoms with Crippen molar-refractivity contribution in [2.75, 3.05) is 24.2 Å². The molecule has 0 heterocycles. The van der Waals surface area contributed by atoms with Gasteiger partial charge >= 0.3 is 0 Å². The van der Waals surface area contributed by atoms with Gasteiger partial charge in [-0.3, -0.25) is 13.9 Å². The molecule has 0 saturated heterocycles. The third-order valence-electron chi connectivity index (χ3n) is 6.39. The smallest absolute Gasteiger partial charge is 0.243 e. The second-order valence-electron chi connectivity index (χ2n) is 10.0. The van der Waals surface area contributed by atoms with Gasteiger partial charge in [-0.2, -0.15) is 0 Å². The summed E-state index contributed by atoms with van der Waals surface area (Å²) in [5, 5.41) is 2.98. The molecule has 0 spiro atoms. The van der Waals surface area contributed by atoms with Crippen molar-refractivity contribution in [3.8, 4) is 5.75 Å². The molecule has 0 unspecified atom stereocenters. The summed E-state index contributed by atoms with van der Waals surface area (Å²) in [5.41, 5.74) is 2.31. The number of ether oxygens (including phenoxy) is 1. The molecule has 3 aromatic carbocycles. The molecule has 1 N–H and O–H groups in total. The summed E-state index contributed by atoms with van der Waals surface area (Å²) in [6.07, 6.45) is 1.85. The van der Waals surface area contributed by atoms with Crippen LogP contribution in [0.15, 0.2) is 84.9 Å². The van der Waals surface area contributed by atoms with Crippen molar-refractivity contribution in [1.82, 2.24) is 10.2 Å². The minimum Gasteiger partial charge on any atom is -0.497 e. The summed E-state index contributed by atoms with van der Waals surface area (Å²) in [7, 11) is -2.09. The Morgan fingerprint density at radius 1 is 0.900 bits per heavy atom. The Bertz CT molecular complexity index is 1350. The quantitative estimate of drug-likeness (QED) is 0.313. The molecule has 8 nitrogen and oxygen atoms in total. The largest absolute Gasteiger partial charge is 0.497 e. The Hall–Kier alpha value is -3.85. The van der Waals surface area contributed by atoms with Crippen molar-refractivity contribution < 1.29 is 22.7 Å². The van der Waals surface area contributed by atoms with E-state index in [0.29, 0.717) is 17.9 Å². The number of carbonyl (C=O) groups excluding carboxylic acids is 2. The van der Waals surface area contributed by atoms with Crippen LogP contribution in [0.1, 0.15) is 37.8 Å². The first-order valence-electron chi connectivity index (χ1n) is 13.4. The van der Waals surface area contributed by atoms with Gasteiger partial charge in [0.15, 0.2) is 0 Å². The van der Waals surface area contributed by atoms with Crippen molar-refractivity contribution >= 4 is 27.5 Å². The lowest BCUT2D eigenvalue weighted by Crippen LogP contribution is -2.51. The Morgan fingerprint density at radius 2 is 1.52 bits per heavy atom. The Balaban J connectivity index is 1.86. The third-order valence-corrected chi connectivity index (χ3v) is 7.59. The molecule has 0 radical (unpaired) electrons. The van der Waals surface area contributed by atoms with Gasteiger partial charge in [0.05, 0.1) is 19.1 Å². The van der Waals surface area contributed by atoms with Crippen LogP contribution in [-0.2, 0) is 32.6 Å². The number of anilines is 1. The summed E-state index contributed by atoms with van der Waals surface area (Å²) in [6.45, 7) is 4.14. The summed E-state index contributed by atoms with van der Waals surface area (Å²) in [4.78, 5) is 28.9. The van der Waals surface area contributed by atoms with Crippen molar-refractivity contribution in [2.45, 2.75) is 51.7 Å². The monoisotopic (exact) mass is 565 g/mol. The van der Waals surface area contributed by atoms with E-state index < -0.39 is 16.1 Å². The highest BCUT2D eigenvalue weighted by Crippen LogP contribution is 2.24. The normalized spacial score (nSPS) is 12.0. The van der Waals surface area contributed by atoms with Gasteiger partial charge in [-0.1, -0.05) is 66.7 Å². The number of benzene rings is 3. The summed E-state index contributed by atoms with van der Waals surface area (Å²) >= 11 is 0. The first-order chi connectivity index (χ1) is 19.1. The number of nitrogens with one attached hydrogen (secondary N) is 1. The molecular weight excluding hydrogens is 526 g/mol. The molecule has 0 saturated carbocycles. The fourth-order valence-electron chi connectivity index (χ4n) is 4.48. The van der Waals surface area contributed by atoms with E-state index in [1.807, 2.05) is 74.5 Å². The van der Waals surface area contributed by atoms with Crippen LogP contribution in [0.5, 0.6) is 5.75 Å². The number of hydrogen-bond acceptors (Lipinski definition) is 5. The summed E-state index contributed by atoms with van der Waals surface area (Å²) in [5.74, 6) is 0.0937. The van der Waals surface area contributed by atoms with E-state index in [-0.39, 0.29) is 43.8 Å². The Labute approximate surface area is 238 Å². The van der Waals surface area contributed by atoms with Gasteiger partial charge in [-0.25, -0.2) is 8.42 Å². The number of rotatable bonds is 14. The second-order valence-corrected chi connectivity index (χ2v) is 11.9. The van der Waals surface area contributed by atoms with Crippen LogP contribution >= 0.6 is 0 Å². The first kappa shape index (κ1) is 30.7. The van der Waals surface area contributed by atoms with E-state index >= 15 is 0 Å². The van der Waals surface area contributed by atoms with E-state index in [1.54, 1.807) is 29.2 Å². The fourth-order valence-corrected chi connectivity index (χ4v) is 5.44. The van der Waals surface area contributed by atoms with E-state index in [4.69, 9.17) is 4.74 Å². The Morgan fingerprint density at radius 3 is 2.10 bits per heavy atom. The lowest BCUT2D eigenvalue weighted by Gasteiger charge is -2.32. The number of amides is 2. The molecule has 214 valence electrons. The predicted molar refractivity (Wildman–Crippen MR) is 159 cm³/mol. The molecule has 2 amide bonds. The van der Waals surface area contributed by atoms with Crippen LogP contribution < -0.4 is 14.4 Å². The third kappa shape index (κ3) is 9.12. The van der Waals surface area contributed by atoms with E-state index in [1.165, 1.54) is 11.4 Å². The standard InChI is InChI=1S/C31H39N3O5S/c1-24(2)32-31(36)29(21-25-13-7-5-8-14-25)33(23-26-15-9-6-10-16-26)30(35)19-12-20-34(40(4,37)38)27-17-11-18-28(22-27)39-3/h5-11,13-18,22,24,29H,12,19-21,23H2,1-4H3,(H,32,36)/t29-/m1/s1. The molecule has 3 aromatic rings. The molecule has 0 bridgehead atoms. The van der Waals surface area contributed by atoms with Gasteiger partial charge in [0.25, 0.3) is 0 Å². The first-order valence-corrected chi connectivity index (χ1v) is 15.2. The van der Waals surface area contributed by atoms with Gasteiger partial charge in [0, 0.05) is 38.0 Å². The zero-order chi connectivity index (χ0) is 29.1. The van der Waals surface area contributed by atoms with Crippen LogP contribution in [0, 0.1) is 0 Å². The molecule has 0 aliphatic carbocycles. The SMILES string of the molecule is COc1cccc(N(CCCC(=O)N(Cc2ccccc2)[C@H](Cc2ccccc2)C(=O)NC(C)C)S(C)(=O)=O)c1. The predicted octanol–water partition coefficient (Wildman–Crippen LogP) is 4.41. The van der Waals surface area contributed by atoms with E-state index in [0.717, 1.165) is 17.4 Å². The highest BCUT2D eigenvalue weighted by atomic mass is 32.2. The van der Waals surface area contributed by atoms with Crippen molar-refractivity contribution in [3.63, 3.8) is 0 Å². The molecular formula is C31H39N3O5S. The average Bonchev–Trinajstić information content (AvgIpc) is 2.93. The number of sulfonamides is 1. The molecule has 0 aliphatic rings. The van der Waals surface area contributed by atoms with E-state index in [2.05, 4.69) is 5.32 Å². The molecule has 9 heteroatoms. The lowest BCUT2D eigenvalue weighted by atomic mass is 10.0. The van der Waals surface area contributed by atoms with Crippen LogP contribution in [0.2, 0.25) is 0 Å². The molecule has 0 aromatic heterocycles. The summed E-state index contributed by atoms with van der Waals surface area (Å²) < 4.78 is 31.8. The van der Waals surface area contributed by atoms with Gasteiger partial charge in [0.2, 0.25) is 21.8 Å². The minimum absolute atomic E-state index is 0.0725. The van der Waals surface area contributed by atoms with E-state index in [9.17, 15) is 18.0 Å². The topological polar surface area (TPSA) is 96.0 Å². The van der Waals surface area contributed by atoms with Gasteiger partial charge in [0.1, 0.15) is 11.8 Å². The van der Waals surface area contributed by atoms with Crippen LogP contribution in [0.4, 0.5) is 5.69 Å². The molecule has 0 aliphatic heterocycles. The maximum atomic E-state index is 13.8. The molecule has 40 heavy (non-hydrogen) atoms. The molecule has 1 atom stereocenters. The number of carbonyl (C=O) groups is 2. The maximum Gasteiger partial charge on any atom is 0.243 e. The van der Waals surface area contributed by atoms with Crippen molar-refractivity contribution in [3.05, 3.63) is 96.1 Å². The average molecular weight is 566 g/mol. The zero-order valence-electron chi connectivity index (χ0n) is 23.6. The number of methoxy groups -OCH3 is 1. The van der Waals surface area contributed by atoms with Crippen LogP contribution in [0.3, 0.4) is 0 Å². The lowest BCUT2D eigenvalue weighted by molar-refractivity contribution is -0.141. The van der Waals surface area contributed by atoms with Crippen molar-refractivity contribution in [2.24, 2.45) is 0 Å². The van der Waals surface area contributed by atoms with Crippen LogP contribution in [-0.4, -0.2) is 57.1 Å². The summed E-state index contributed by atoms with van der Waals surface area (Å²) in [6, 6.07) is 25.2. The molecule has 0 fully saturated rings. The fraction of sp³-hybridized carbons (Fsp3) is 0.355. The number of hydrogen-bond donors (Lipinski definition) is 1.